The summed E-state index contributed by atoms with van der Waals surface area (Å²) in [4.78, 5) is 11.3. The first-order chi connectivity index (χ1) is 5.16. The first-order valence-corrected chi connectivity index (χ1v) is 4.10. The van der Waals surface area contributed by atoms with Crippen LogP contribution in [0.2, 0.25) is 0 Å². The molecule has 0 spiro atoms. The quantitative estimate of drug-likeness (QED) is 0.616. The number of hydrogen-bond donors (Lipinski definition) is 0. The molecule has 1 fully saturated rings. The number of carbonyl (C=O) groups is 1. The summed E-state index contributed by atoms with van der Waals surface area (Å²) >= 11 is 0. The molecule has 2 atom stereocenters. The Bertz CT molecular complexity index is 200. The highest BCUT2D eigenvalue weighted by atomic mass is 16.1. The molecule has 1 saturated carbocycles. The molecule has 0 aliphatic heterocycles. The maximum absolute atomic E-state index is 11.3. The molecule has 0 aromatic carbocycles. The van der Waals surface area contributed by atoms with Crippen molar-refractivity contribution in [1.82, 2.24) is 0 Å². The average Bonchev–Trinajstić information content (AvgIpc) is 2.82. The van der Waals surface area contributed by atoms with E-state index < -0.39 is 5.92 Å². The Morgan fingerprint density at radius 3 is 2.45 bits per heavy atom. The number of ketones is 1. The van der Waals surface area contributed by atoms with E-state index >= 15 is 0 Å². The fraction of sp³-hybridized carbons (Fsp3) is 0.778. The van der Waals surface area contributed by atoms with Crippen LogP contribution in [0, 0.1) is 29.1 Å². The third kappa shape index (κ3) is 1.80. The predicted octanol–water partition coefficient (Wildman–Crippen LogP) is 1.76. The fourth-order valence-electron chi connectivity index (χ4n) is 1.29. The van der Waals surface area contributed by atoms with Gasteiger partial charge in [-0.3, -0.25) is 4.79 Å². The number of nitriles is 1. The second-order valence-electron chi connectivity index (χ2n) is 3.38. The van der Waals surface area contributed by atoms with E-state index in [1.54, 1.807) is 6.92 Å². The van der Waals surface area contributed by atoms with Gasteiger partial charge in [0, 0.05) is 5.92 Å². The summed E-state index contributed by atoms with van der Waals surface area (Å²) in [6, 6.07) is 1.98. The number of nitrogens with zero attached hydrogens (tertiary/aromatic N) is 1. The van der Waals surface area contributed by atoms with Gasteiger partial charge < -0.3 is 0 Å². The van der Waals surface area contributed by atoms with Crippen LogP contribution in [0.15, 0.2) is 0 Å². The molecule has 0 saturated heterocycles. The molecular weight excluding hydrogens is 138 g/mol. The lowest BCUT2D eigenvalue weighted by Crippen LogP contribution is -2.19. The van der Waals surface area contributed by atoms with E-state index in [1.807, 2.05) is 13.0 Å². The summed E-state index contributed by atoms with van der Waals surface area (Å²) in [7, 11) is 0. The minimum absolute atomic E-state index is 0.115. The van der Waals surface area contributed by atoms with Gasteiger partial charge in [-0.15, -0.1) is 0 Å². The smallest absolute Gasteiger partial charge is 0.152 e. The Morgan fingerprint density at radius 1 is 1.55 bits per heavy atom. The van der Waals surface area contributed by atoms with Gasteiger partial charge in [0.15, 0.2) is 5.78 Å². The van der Waals surface area contributed by atoms with Crippen LogP contribution in [-0.4, -0.2) is 5.78 Å². The van der Waals surface area contributed by atoms with Crippen LogP contribution in [0.3, 0.4) is 0 Å². The average molecular weight is 151 g/mol. The second-order valence-corrected chi connectivity index (χ2v) is 3.38. The van der Waals surface area contributed by atoms with Crippen LogP contribution >= 0.6 is 0 Å². The fourth-order valence-corrected chi connectivity index (χ4v) is 1.29. The standard InChI is InChI=1S/C9H13NO/c1-6(5-10)9(11)7(2)8-3-4-8/h6-8H,3-4H2,1-2H3. The van der Waals surface area contributed by atoms with Crippen molar-refractivity contribution in [1.29, 1.82) is 5.26 Å². The van der Waals surface area contributed by atoms with Crippen molar-refractivity contribution in [3.8, 4) is 6.07 Å². The lowest BCUT2D eigenvalue weighted by atomic mass is 9.93. The van der Waals surface area contributed by atoms with E-state index in [-0.39, 0.29) is 11.7 Å². The van der Waals surface area contributed by atoms with E-state index in [0.29, 0.717) is 5.92 Å². The molecular formula is C9H13NO. The minimum atomic E-state index is -0.411. The van der Waals surface area contributed by atoms with Gasteiger partial charge in [0.25, 0.3) is 0 Å². The lowest BCUT2D eigenvalue weighted by Gasteiger charge is -2.08. The Morgan fingerprint density at radius 2 is 2.09 bits per heavy atom. The van der Waals surface area contributed by atoms with Crippen LogP contribution in [0.5, 0.6) is 0 Å². The van der Waals surface area contributed by atoms with Gasteiger partial charge in [-0.25, -0.2) is 0 Å². The van der Waals surface area contributed by atoms with Crippen LogP contribution < -0.4 is 0 Å². The van der Waals surface area contributed by atoms with Gasteiger partial charge in [0.05, 0.1) is 6.07 Å². The first kappa shape index (κ1) is 8.26. The first-order valence-electron chi connectivity index (χ1n) is 4.10. The van der Waals surface area contributed by atoms with E-state index in [9.17, 15) is 4.79 Å². The zero-order chi connectivity index (χ0) is 8.43. The van der Waals surface area contributed by atoms with Gasteiger partial charge in [0.1, 0.15) is 5.92 Å². The van der Waals surface area contributed by atoms with E-state index in [4.69, 9.17) is 5.26 Å². The second kappa shape index (κ2) is 3.04. The topological polar surface area (TPSA) is 40.9 Å². The third-order valence-corrected chi connectivity index (χ3v) is 2.40. The normalized spacial score (nSPS) is 21.9. The Labute approximate surface area is 67.2 Å². The van der Waals surface area contributed by atoms with E-state index in [0.717, 1.165) is 0 Å². The largest absolute Gasteiger partial charge is 0.298 e. The Hall–Kier alpha value is -0.840. The monoisotopic (exact) mass is 151 g/mol. The highest BCUT2D eigenvalue weighted by Crippen LogP contribution is 2.37. The Balaban J connectivity index is 2.46. The molecule has 2 heteroatoms. The van der Waals surface area contributed by atoms with Crippen LogP contribution in [0.1, 0.15) is 26.7 Å². The molecule has 2 nitrogen and oxygen atoms in total. The lowest BCUT2D eigenvalue weighted by molar-refractivity contribution is -0.124. The van der Waals surface area contributed by atoms with Crippen LogP contribution in [-0.2, 0) is 4.79 Å². The molecule has 60 valence electrons. The number of hydrogen-bond acceptors (Lipinski definition) is 2. The highest BCUT2D eigenvalue weighted by Gasteiger charge is 2.34. The van der Waals surface area contributed by atoms with Crippen LogP contribution in [0.4, 0.5) is 0 Å². The summed E-state index contributed by atoms with van der Waals surface area (Å²) in [6.07, 6.45) is 2.34. The highest BCUT2D eigenvalue weighted by molar-refractivity contribution is 5.85. The van der Waals surface area contributed by atoms with Crippen molar-refractivity contribution in [3.63, 3.8) is 0 Å². The van der Waals surface area contributed by atoms with Crippen LogP contribution in [0.25, 0.3) is 0 Å². The summed E-state index contributed by atoms with van der Waals surface area (Å²) in [5, 5.41) is 8.49. The molecule has 0 bridgehead atoms. The SMILES string of the molecule is CC(C#N)C(=O)C(C)C1CC1. The predicted molar refractivity (Wildman–Crippen MR) is 41.7 cm³/mol. The zero-order valence-electron chi connectivity index (χ0n) is 7.00. The van der Waals surface area contributed by atoms with Crippen molar-refractivity contribution in [2.45, 2.75) is 26.7 Å². The van der Waals surface area contributed by atoms with Gasteiger partial charge in [-0.2, -0.15) is 5.26 Å². The maximum Gasteiger partial charge on any atom is 0.152 e. The van der Waals surface area contributed by atoms with Crippen molar-refractivity contribution < 1.29 is 4.79 Å². The van der Waals surface area contributed by atoms with Crippen molar-refractivity contribution in [2.75, 3.05) is 0 Å². The number of rotatable bonds is 3. The van der Waals surface area contributed by atoms with Crippen molar-refractivity contribution in [3.05, 3.63) is 0 Å². The van der Waals surface area contributed by atoms with Crippen molar-refractivity contribution in [2.24, 2.45) is 17.8 Å². The molecule has 1 aliphatic rings. The molecule has 0 aromatic heterocycles. The van der Waals surface area contributed by atoms with Gasteiger partial charge in [-0.05, 0) is 25.7 Å². The molecule has 1 aliphatic carbocycles. The molecule has 0 radical (unpaired) electrons. The van der Waals surface area contributed by atoms with Gasteiger partial charge in [0.2, 0.25) is 0 Å². The van der Waals surface area contributed by atoms with Gasteiger partial charge in [-0.1, -0.05) is 6.92 Å². The maximum atomic E-state index is 11.3. The minimum Gasteiger partial charge on any atom is -0.298 e. The number of carbonyl (C=O) groups excluding carboxylic acids is 1. The molecule has 2 unspecified atom stereocenters. The van der Waals surface area contributed by atoms with Gasteiger partial charge >= 0.3 is 0 Å². The zero-order valence-corrected chi connectivity index (χ0v) is 7.00. The summed E-state index contributed by atoms with van der Waals surface area (Å²) in [6.45, 7) is 3.62. The molecule has 0 N–H and O–H groups in total. The summed E-state index contributed by atoms with van der Waals surface area (Å²) in [5.41, 5.74) is 0. The Kier molecular flexibility index (Phi) is 2.28. The summed E-state index contributed by atoms with van der Waals surface area (Å²) < 4.78 is 0. The molecule has 0 heterocycles. The van der Waals surface area contributed by atoms with Crippen molar-refractivity contribution >= 4 is 5.78 Å². The van der Waals surface area contributed by atoms with E-state index in [1.165, 1.54) is 12.8 Å². The van der Waals surface area contributed by atoms with E-state index in [2.05, 4.69) is 0 Å². The number of Topliss-reactive ketones (excluding diaryl/α,β-unsaturated/α-hetero) is 1. The molecule has 11 heavy (non-hydrogen) atoms. The third-order valence-electron chi connectivity index (χ3n) is 2.40. The summed E-state index contributed by atoms with van der Waals surface area (Å²) in [5.74, 6) is 0.406. The molecule has 1 rings (SSSR count). The molecule has 0 aromatic rings. The molecule has 0 amide bonds.